The maximum atomic E-state index is 6.26. The van der Waals surface area contributed by atoms with Crippen LogP contribution >= 0.6 is 35.6 Å². The Labute approximate surface area is 202 Å². The zero-order chi connectivity index (χ0) is 20.6. The van der Waals surface area contributed by atoms with Crippen LogP contribution in [0.1, 0.15) is 35.6 Å². The standard InChI is InChI=1S/C23H32ClN5.HI/c1-17-15-26-11-9-18(17)10-12-27-23(25-2)28-16-20-7-5-13-29(3)22(20)19-6-4-8-21(24)14-19;/h4,6,8-9,11,14-15,20,22H,5,7,10,12-13,16H2,1-3H3,(H2,25,27,28);1H. The minimum Gasteiger partial charge on any atom is -0.356 e. The van der Waals surface area contributed by atoms with Gasteiger partial charge in [-0.05, 0) is 80.6 Å². The number of aryl methyl sites for hydroxylation is 1. The minimum absolute atomic E-state index is 0. The van der Waals surface area contributed by atoms with Gasteiger partial charge in [0.15, 0.2) is 5.96 Å². The van der Waals surface area contributed by atoms with Gasteiger partial charge >= 0.3 is 0 Å². The number of likely N-dealkylation sites (tertiary alicyclic amines) is 1. The first-order valence-corrected chi connectivity index (χ1v) is 10.8. The molecule has 164 valence electrons. The fourth-order valence-corrected chi connectivity index (χ4v) is 4.44. The van der Waals surface area contributed by atoms with Crippen molar-refractivity contribution in [2.24, 2.45) is 10.9 Å². The second-order valence-corrected chi connectivity index (χ2v) is 8.25. The third kappa shape index (κ3) is 6.82. The lowest BCUT2D eigenvalue weighted by Gasteiger charge is -2.40. The summed E-state index contributed by atoms with van der Waals surface area (Å²) in [6.07, 6.45) is 7.13. The van der Waals surface area contributed by atoms with E-state index in [0.717, 1.165) is 37.0 Å². The molecule has 0 spiro atoms. The number of pyridine rings is 1. The number of aliphatic imine (C=N–C) groups is 1. The van der Waals surface area contributed by atoms with Gasteiger partial charge in [0.2, 0.25) is 0 Å². The smallest absolute Gasteiger partial charge is 0.190 e. The summed E-state index contributed by atoms with van der Waals surface area (Å²) in [7, 11) is 4.04. The maximum Gasteiger partial charge on any atom is 0.190 e. The van der Waals surface area contributed by atoms with E-state index in [4.69, 9.17) is 11.6 Å². The first-order chi connectivity index (χ1) is 14.1. The number of guanidine groups is 1. The molecule has 2 aromatic rings. The first-order valence-electron chi connectivity index (χ1n) is 10.4. The van der Waals surface area contributed by atoms with Crippen molar-refractivity contribution < 1.29 is 0 Å². The largest absolute Gasteiger partial charge is 0.356 e. The average Bonchev–Trinajstić information content (AvgIpc) is 2.72. The molecule has 7 heteroatoms. The van der Waals surface area contributed by atoms with Crippen molar-refractivity contribution >= 4 is 41.5 Å². The fourth-order valence-electron chi connectivity index (χ4n) is 4.24. The Balaban J connectivity index is 0.00000320. The Kier molecular flexibility index (Phi) is 10.3. The molecule has 1 aliphatic heterocycles. The van der Waals surface area contributed by atoms with Crippen LogP contribution in [0.15, 0.2) is 47.7 Å². The van der Waals surface area contributed by atoms with Crippen LogP contribution in [0.4, 0.5) is 0 Å². The predicted octanol–water partition coefficient (Wildman–Crippen LogP) is 4.45. The zero-order valence-corrected chi connectivity index (χ0v) is 21.2. The highest BCUT2D eigenvalue weighted by atomic mass is 127. The Morgan fingerprint density at radius 2 is 2.13 bits per heavy atom. The van der Waals surface area contributed by atoms with Crippen molar-refractivity contribution in [2.45, 2.75) is 32.2 Å². The molecule has 1 aliphatic rings. The molecule has 1 saturated heterocycles. The van der Waals surface area contributed by atoms with Gasteiger partial charge in [-0.3, -0.25) is 14.9 Å². The predicted molar refractivity (Wildman–Crippen MR) is 137 cm³/mol. The number of nitrogens with zero attached hydrogens (tertiary/aromatic N) is 3. The van der Waals surface area contributed by atoms with Gasteiger partial charge in [0, 0.05) is 43.6 Å². The van der Waals surface area contributed by atoms with Crippen molar-refractivity contribution in [2.75, 3.05) is 33.7 Å². The van der Waals surface area contributed by atoms with E-state index < -0.39 is 0 Å². The lowest BCUT2D eigenvalue weighted by Crippen LogP contribution is -2.45. The van der Waals surface area contributed by atoms with Crippen molar-refractivity contribution in [3.63, 3.8) is 0 Å². The quantitative estimate of drug-likeness (QED) is 0.322. The molecular formula is C23H33ClIN5. The van der Waals surface area contributed by atoms with Crippen molar-refractivity contribution in [3.8, 4) is 0 Å². The van der Waals surface area contributed by atoms with Gasteiger partial charge in [0.25, 0.3) is 0 Å². The van der Waals surface area contributed by atoms with Crippen molar-refractivity contribution in [1.82, 2.24) is 20.5 Å². The van der Waals surface area contributed by atoms with E-state index in [1.807, 2.05) is 31.6 Å². The normalized spacial score (nSPS) is 19.8. The van der Waals surface area contributed by atoms with Crippen molar-refractivity contribution in [3.05, 3.63) is 64.4 Å². The molecule has 0 aliphatic carbocycles. The third-order valence-electron chi connectivity index (χ3n) is 5.78. The Bertz CT molecular complexity index is 829. The summed E-state index contributed by atoms with van der Waals surface area (Å²) >= 11 is 6.26. The molecule has 0 saturated carbocycles. The summed E-state index contributed by atoms with van der Waals surface area (Å²) in [5.74, 6) is 1.36. The van der Waals surface area contributed by atoms with E-state index >= 15 is 0 Å². The van der Waals surface area contributed by atoms with E-state index in [2.05, 4.69) is 57.7 Å². The van der Waals surface area contributed by atoms with Gasteiger partial charge in [-0.1, -0.05) is 23.7 Å². The maximum absolute atomic E-state index is 6.26. The van der Waals surface area contributed by atoms with Crippen LogP contribution < -0.4 is 10.6 Å². The number of rotatable bonds is 6. The second kappa shape index (κ2) is 12.5. The first kappa shape index (κ1) is 24.9. The Morgan fingerprint density at radius 3 is 2.87 bits per heavy atom. The van der Waals surface area contributed by atoms with Crippen LogP contribution in [-0.2, 0) is 6.42 Å². The summed E-state index contributed by atoms with van der Waals surface area (Å²) in [6, 6.07) is 10.7. The highest BCUT2D eigenvalue weighted by molar-refractivity contribution is 14.0. The fraction of sp³-hybridized carbons (Fsp3) is 0.478. The van der Waals surface area contributed by atoms with Gasteiger partial charge in [-0.2, -0.15) is 0 Å². The zero-order valence-electron chi connectivity index (χ0n) is 18.1. The summed E-state index contributed by atoms with van der Waals surface area (Å²) in [4.78, 5) is 11.0. The van der Waals surface area contributed by atoms with E-state index in [0.29, 0.717) is 12.0 Å². The number of halogens is 2. The SMILES string of the molecule is CN=C(NCCc1ccncc1C)NCC1CCCN(C)C1c1cccc(Cl)c1.I. The van der Waals surface area contributed by atoms with Crippen molar-refractivity contribution in [1.29, 1.82) is 0 Å². The van der Waals surface area contributed by atoms with Gasteiger partial charge < -0.3 is 10.6 Å². The van der Waals surface area contributed by atoms with Gasteiger partial charge in [0.1, 0.15) is 0 Å². The third-order valence-corrected chi connectivity index (χ3v) is 6.01. The molecular weight excluding hydrogens is 509 g/mol. The van der Waals surface area contributed by atoms with E-state index in [1.54, 1.807) is 0 Å². The van der Waals surface area contributed by atoms with E-state index in [-0.39, 0.29) is 24.0 Å². The van der Waals surface area contributed by atoms with E-state index in [1.165, 1.54) is 29.5 Å². The molecule has 5 nitrogen and oxygen atoms in total. The molecule has 0 bridgehead atoms. The van der Waals surface area contributed by atoms with Crippen LogP contribution in [0, 0.1) is 12.8 Å². The summed E-state index contributed by atoms with van der Waals surface area (Å²) in [5, 5.41) is 7.79. The molecule has 30 heavy (non-hydrogen) atoms. The second-order valence-electron chi connectivity index (χ2n) is 7.81. The molecule has 2 N–H and O–H groups in total. The summed E-state index contributed by atoms with van der Waals surface area (Å²) in [6.45, 7) is 4.94. The van der Waals surface area contributed by atoms with Gasteiger partial charge in [-0.25, -0.2) is 0 Å². The monoisotopic (exact) mass is 541 g/mol. The Hall–Kier alpha value is -1.38. The number of hydrogen-bond donors (Lipinski definition) is 2. The minimum atomic E-state index is 0. The molecule has 1 fully saturated rings. The van der Waals surface area contributed by atoms with Gasteiger partial charge in [0.05, 0.1) is 0 Å². The Morgan fingerprint density at radius 1 is 1.30 bits per heavy atom. The van der Waals surface area contributed by atoms with Crippen LogP contribution in [0.3, 0.4) is 0 Å². The number of aromatic nitrogens is 1. The molecule has 2 heterocycles. The number of hydrogen-bond acceptors (Lipinski definition) is 3. The molecule has 3 rings (SSSR count). The van der Waals surface area contributed by atoms with Crippen LogP contribution in [0.2, 0.25) is 5.02 Å². The lowest BCUT2D eigenvalue weighted by molar-refractivity contribution is 0.122. The molecule has 1 aromatic heterocycles. The van der Waals surface area contributed by atoms with E-state index in [9.17, 15) is 0 Å². The lowest BCUT2D eigenvalue weighted by atomic mass is 9.85. The highest BCUT2D eigenvalue weighted by Gasteiger charge is 2.30. The van der Waals surface area contributed by atoms with Crippen LogP contribution in [0.5, 0.6) is 0 Å². The average molecular weight is 542 g/mol. The summed E-state index contributed by atoms with van der Waals surface area (Å²) in [5.41, 5.74) is 3.84. The number of nitrogens with one attached hydrogen (secondary N) is 2. The molecule has 2 unspecified atom stereocenters. The van der Waals surface area contributed by atoms with Crippen LogP contribution in [-0.4, -0.2) is 49.6 Å². The van der Waals surface area contributed by atoms with Gasteiger partial charge in [-0.15, -0.1) is 24.0 Å². The topological polar surface area (TPSA) is 52.6 Å². The molecule has 0 amide bonds. The number of piperidine rings is 1. The highest BCUT2D eigenvalue weighted by Crippen LogP contribution is 2.35. The van der Waals surface area contributed by atoms with Crippen LogP contribution in [0.25, 0.3) is 0 Å². The molecule has 0 radical (unpaired) electrons. The molecule has 1 aromatic carbocycles. The molecule has 2 atom stereocenters. The summed E-state index contributed by atoms with van der Waals surface area (Å²) < 4.78 is 0. The number of benzene rings is 1.